The maximum absolute atomic E-state index is 11.4. The van der Waals surface area contributed by atoms with Crippen LogP contribution < -0.4 is 5.32 Å². The van der Waals surface area contributed by atoms with Crippen LogP contribution >= 0.6 is 0 Å². The van der Waals surface area contributed by atoms with E-state index in [9.17, 15) is 4.79 Å². The van der Waals surface area contributed by atoms with Crippen molar-refractivity contribution in [3.05, 3.63) is 54.5 Å². The van der Waals surface area contributed by atoms with Gasteiger partial charge in [-0.05, 0) is 43.7 Å². The summed E-state index contributed by atoms with van der Waals surface area (Å²) in [5.41, 5.74) is 4.02. The Labute approximate surface area is 156 Å². The number of hydrogen-bond acceptors (Lipinski definition) is 5. The van der Waals surface area contributed by atoms with Crippen molar-refractivity contribution in [2.45, 2.75) is 26.8 Å². The summed E-state index contributed by atoms with van der Waals surface area (Å²) in [6.45, 7) is 4.54. The molecule has 0 saturated heterocycles. The van der Waals surface area contributed by atoms with Gasteiger partial charge in [0.05, 0.1) is 11.9 Å². The summed E-state index contributed by atoms with van der Waals surface area (Å²) in [4.78, 5) is 23.8. The van der Waals surface area contributed by atoms with Gasteiger partial charge in [0.25, 0.3) is 0 Å². The Morgan fingerprint density at radius 3 is 2.74 bits per heavy atom. The van der Waals surface area contributed by atoms with Crippen molar-refractivity contribution >= 4 is 28.5 Å². The average Bonchev–Trinajstić information content (AvgIpc) is 3.31. The van der Waals surface area contributed by atoms with Crippen molar-refractivity contribution in [3.8, 4) is 11.3 Å². The molecular weight excluding hydrogens is 340 g/mol. The third-order valence-electron chi connectivity index (χ3n) is 4.32. The number of aromatic nitrogens is 5. The molecular formula is C20H20N6O. The molecule has 4 aromatic rings. The monoisotopic (exact) mass is 360 g/mol. The first kappa shape index (κ1) is 17.0. The number of carbonyl (C=O) groups is 1. The zero-order valence-electron chi connectivity index (χ0n) is 15.2. The molecule has 7 heteroatoms. The standard InChI is InChI=1S/C20H20N6O/c1-3-10-26-12-15(11-22-26)18-17-8-9-21-19(17)25-20(24-18)23-16-6-4-14(5-7-16)13(2)27/h4-9,11-12H,3,10H2,1-2H3,(H2,21,23,24,25). The van der Waals surface area contributed by atoms with Crippen molar-refractivity contribution in [3.63, 3.8) is 0 Å². The predicted molar refractivity (Wildman–Crippen MR) is 105 cm³/mol. The highest BCUT2D eigenvalue weighted by Crippen LogP contribution is 2.27. The first-order valence-electron chi connectivity index (χ1n) is 8.90. The highest BCUT2D eigenvalue weighted by atomic mass is 16.1. The van der Waals surface area contributed by atoms with E-state index in [-0.39, 0.29) is 5.78 Å². The first-order valence-corrected chi connectivity index (χ1v) is 8.90. The van der Waals surface area contributed by atoms with Crippen LogP contribution in [0.5, 0.6) is 0 Å². The van der Waals surface area contributed by atoms with Gasteiger partial charge in [-0.25, -0.2) is 4.98 Å². The number of aryl methyl sites for hydroxylation is 1. The maximum Gasteiger partial charge on any atom is 0.229 e. The van der Waals surface area contributed by atoms with Crippen molar-refractivity contribution in [2.75, 3.05) is 5.32 Å². The highest BCUT2D eigenvalue weighted by molar-refractivity contribution is 5.94. The highest BCUT2D eigenvalue weighted by Gasteiger charge is 2.13. The summed E-state index contributed by atoms with van der Waals surface area (Å²) in [7, 11) is 0. The lowest BCUT2D eigenvalue weighted by Crippen LogP contribution is -2.00. The summed E-state index contributed by atoms with van der Waals surface area (Å²) in [5.74, 6) is 0.524. The van der Waals surface area contributed by atoms with Crippen LogP contribution in [0.3, 0.4) is 0 Å². The van der Waals surface area contributed by atoms with Gasteiger partial charge < -0.3 is 10.3 Å². The Balaban J connectivity index is 1.70. The van der Waals surface area contributed by atoms with E-state index in [0.29, 0.717) is 11.5 Å². The number of fused-ring (bicyclic) bond motifs is 1. The van der Waals surface area contributed by atoms with Crippen LogP contribution in [0.25, 0.3) is 22.3 Å². The van der Waals surface area contributed by atoms with Crippen LogP contribution in [0, 0.1) is 0 Å². The molecule has 3 aromatic heterocycles. The number of benzene rings is 1. The molecule has 0 saturated carbocycles. The quantitative estimate of drug-likeness (QED) is 0.504. The number of nitrogens with zero attached hydrogens (tertiary/aromatic N) is 4. The van der Waals surface area contributed by atoms with E-state index < -0.39 is 0 Å². The largest absolute Gasteiger partial charge is 0.346 e. The number of aromatic amines is 1. The van der Waals surface area contributed by atoms with Crippen LogP contribution in [0.15, 0.2) is 48.9 Å². The van der Waals surface area contributed by atoms with Gasteiger partial charge in [0.2, 0.25) is 5.95 Å². The number of H-pyrrole nitrogens is 1. The van der Waals surface area contributed by atoms with Gasteiger partial charge in [-0.15, -0.1) is 0 Å². The first-order chi connectivity index (χ1) is 13.1. The lowest BCUT2D eigenvalue weighted by Gasteiger charge is -2.08. The number of hydrogen-bond donors (Lipinski definition) is 2. The Hall–Kier alpha value is -3.48. The van der Waals surface area contributed by atoms with Crippen molar-refractivity contribution in [1.82, 2.24) is 24.7 Å². The second-order valence-corrected chi connectivity index (χ2v) is 6.39. The average molecular weight is 360 g/mol. The topological polar surface area (TPSA) is 88.5 Å². The van der Waals surface area contributed by atoms with Gasteiger partial charge in [-0.3, -0.25) is 9.48 Å². The van der Waals surface area contributed by atoms with E-state index in [2.05, 4.69) is 27.3 Å². The van der Waals surface area contributed by atoms with Crippen LogP contribution in [0.2, 0.25) is 0 Å². The lowest BCUT2D eigenvalue weighted by molar-refractivity contribution is 0.101. The predicted octanol–water partition coefficient (Wildman–Crippen LogP) is 4.18. The van der Waals surface area contributed by atoms with E-state index >= 15 is 0 Å². The molecule has 2 N–H and O–H groups in total. The number of ketones is 1. The molecule has 0 aliphatic rings. The fourth-order valence-electron chi connectivity index (χ4n) is 2.97. The van der Waals surface area contributed by atoms with E-state index in [4.69, 9.17) is 4.98 Å². The van der Waals surface area contributed by atoms with E-state index in [1.165, 1.54) is 0 Å². The SMILES string of the molecule is CCCn1cc(-c2nc(Nc3ccc(C(C)=O)cc3)nc3[nH]ccc23)cn1. The molecule has 0 unspecified atom stereocenters. The lowest BCUT2D eigenvalue weighted by atomic mass is 10.1. The van der Waals surface area contributed by atoms with E-state index in [1.807, 2.05) is 41.5 Å². The van der Waals surface area contributed by atoms with Crippen LogP contribution in [-0.2, 0) is 6.54 Å². The molecule has 0 amide bonds. The zero-order chi connectivity index (χ0) is 18.8. The summed E-state index contributed by atoms with van der Waals surface area (Å²) < 4.78 is 1.92. The molecule has 0 fully saturated rings. The van der Waals surface area contributed by atoms with Gasteiger partial charge in [0.1, 0.15) is 5.65 Å². The molecule has 0 spiro atoms. The van der Waals surface area contributed by atoms with Crippen LogP contribution in [-0.4, -0.2) is 30.5 Å². The molecule has 0 atom stereocenters. The smallest absolute Gasteiger partial charge is 0.229 e. The fraction of sp³-hybridized carbons (Fsp3) is 0.200. The van der Waals surface area contributed by atoms with Crippen LogP contribution in [0.4, 0.5) is 11.6 Å². The van der Waals surface area contributed by atoms with E-state index in [0.717, 1.165) is 40.9 Å². The summed E-state index contributed by atoms with van der Waals surface area (Å²) in [6.07, 6.45) is 6.71. The maximum atomic E-state index is 11.4. The van der Waals surface area contributed by atoms with Crippen LogP contribution in [0.1, 0.15) is 30.6 Å². The van der Waals surface area contributed by atoms with Crippen molar-refractivity contribution in [2.24, 2.45) is 0 Å². The molecule has 0 radical (unpaired) electrons. The fourth-order valence-corrected chi connectivity index (χ4v) is 2.97. The third-order valence-corrected chi connectivity index (χ3v) is 4.32. The summed E-state index contributed by atoms with van der Waals surface area (Å²) >= 11 is 0. The molecule has 1 aromatic carbocycles. The van der Waals surface area contributed by atoms with Crippen molar-refractivity contribution in [1.29, 1.82) is 0 Å². The molecule has 0 bridgehead atoms. The van der Waals surface area contributed by atoms with Gasteiger partial charge in [-0.1, -0.05) is 6.92 Å². The second kappa shape index (κ2) is 7.03. The summed E-state index contributed by atoms with van der Waals surface area (Å²) in [6, 6.07) is 9.23. The Kier molecular flexibility index (Phi) is 4.42. The van der Waals surface area contributed by atoms with Gasteiger partial charge in [0.15, 0.2) is 5.78 Å². The van der Waals surface area contributed by atoms with Crippen molar-refractivity contribution < 1.29 is 4.79 Å². The molecule has 0 aliphatic carbocycles. The zero-order valence-corrected chi connectivity index (χ0v) is 15.2. The molecule has 7 nitrogen and oxygen atoms in total. The Bertz CT molecular complexity index is 1090. The van der Waals surface area contributed by atoms with Gasteiger partial charge in [-0.2, -0.15) is 10.1 Å². The molecule has 27 heavy (non-hydrogen) atoms. The molecule has 136 valence electrons. The number of nitrogens with one attached hydrogen (secondary N) is 2. The Morgan fingerprint density at radius 2 is 2.00 bits per heavy atom. The minimum absolute atomic E-state index is 0.0389. The minimum Gasteiger partial charge on any atom is -0.346 e. The number of anilines is 2. The molecule has 4 rings (SSSR count). The number of rotatable bonds is 6. The summed E-state index contributed by atoms with van der Waals surface area (Å²) in [5, 5.41) is 8.57. The normalized spacial score (nSPS) is 11.0. The van der Waals surface area contributed by atoms with E-state index in [1.54, 1.807) is 19.1 Å². The van der Waals surface area contributed by atoms with Gasteiger partial charge >= 0.3 is 0 Å². The Morgan fingerprint density at radius 1 is 1.19 bits per heavy atom. The third kappa shape index (κ3) is 3.44. The number of Topliss-reactive ketones (excluding diaryl/α,β-unsaturated/α-hetero) is 1. The second-order valence-electron chi connectivity index (χ2n) is 6.39. The molecule has 3 heterocycles. The number of carbonyl (C=O) groups excluding carboxylic acids is 1. The molecule has 0 aliphatic heterocycles. The minimum atomic E-state index is 0.0389. The van der Waals surface area contributed by atoms with Gasteiger partial charge in [0, 0.05) is 41.1 Å².